The van der Waals surface area contributed by atoms with Gasteiger partial charge in [-0.15, -0.1) is 0 Å². The number of aromatic nitrogens is 1. The van der Waals surface area contributed by atoms with Gasteiger partial charge in [-0.3, -0.25) is 19.8 Å². The maximum Gasteiger partial charge on any atom is 0.270 e. The van der Waals surface area contributed by atoms with Crippen LogP contribution < -0.4 is 10.2 Å². The van der Waals surface area contributed by atoms with E-state index in [1.165, 1.54) is 4.90 Å². The van der Waals surface area contributed by atoms with Gasteiger partial charge in [0.2, 0.25) is 0 Å². The number of benzene rings is 2. The second-order valence-electron chi connectivity index (χ2n) is 7.08. The molecule has 1 fully saturated rings. The molecule has 0 unspecified atom stereocenters. The van der Waals surface area contributed by atoms with Crippen molar-refractivity contribution in [1.82, 2.24) is 9.88 Å². The van der Waals surface area contributed by atoms with Crippen molar-refractivity contribution in [3.8, 4) is 5.69 Å². The molecule has 2 amide bonds. The minimum Gasteiger partial charge on any atom is -0.318 e. The lowest BCUT2D eigenvalue weighted by atomic mass is 10.1. The van der Waals surface area contributed by atoms with E-state index in [0.29, 0.717) is 15.7 Å². The number of carbonyl (C=O) groups is 2. The molecule has 8 heteroatoms. The summed E-state index contributed by atoms with van der Waals surface area (Å²) in [5.41, 5.74) is 4.01. The molecule has 156 valence electrons. The molecule has 1 aromatic heterocycles. The van der Waals surface area contributed by atoms with Gasteiger partial charge in [-0.05, 0) is 86.2 Å². The number of hydrogen-bond donors (Lipinski definition) is 1. The molecule has 0 saturated carbocycles. The van der Waals surface area contributed by atoms with Gasteiger partial charge in [-0.1, -0.05) is 29.3 Å². The molecule has 1 N–H and O–H groups in total. The summed E-state index contributed by atoms with van der Waals surface area (Å²) in [4.78, 5) is 27.1. The molecule has 0 radical (unpaired) electrons. The molecule has 1 aliphatic rings. The van der Waals surface area contributed by atoms with Gasteiger partial charge >= 0.3 is 0 Å². The van der Waals surface area contributed by atoms with Crippen LogP contribution in [0.15, 0.2) is 60.2 Å². The third kappa shape index (κ3) is 4.02. The number of halogens is 2. The number of aryl methyl sites for hydroxylation is 1. The largest absolute Gasteiger partial charge is 0.318 e. The first-order valence-electron chi connectivity index (χ1n) is 9.38. The Kier molecular flexibility index (Phi) is 5.71. The number of thiocarbonyl (C=S) groups is 1. The number of amides is 2. The highest BCUT2D eigenvalue weighted by atomic mass is 35.5. The summed E-state index contributed by atoms with van der Waals surface area (Å²) in [5, 5.41) is 3.71. The lowest BCUT2D eigenvalue weighted by Crippen LogP contribution is -2.54. The molecule has 0 spiro atoms. The Morgan fingerprint density at radius 2 is 1.65 bits per heavy atom. The van der Waals surface area contributed by atoms with Crippen molar-refractivity contribution in [1.29, 1.82) is 0 Å². The van der Waals surface area contributed by atoms with E-state index in [9.17, 15) is 9.59 Å². The van der Waals surface area contributed by atoms with Crippen molar-refractivity contribution in [2.45, 2.75) is 13.8 Å². The zero-order valence-corrected chi connectivity index (χ0v) is 19.0. The minimum atomic E-state index is -0.537. The van der Waals surface area contributed by atoms with E-state index in [0.717, 1.165) is 22.6 Å². The molecule has 2 heterocycles. The summed E-state index contributed by atoms with van der Waals surface area (Å²) in [5.74, 6) is -1.04. The first-order chi connectivity index (χ1) is 14.8. The third-order valence-corrected chi connectivity index (χ3v) is 5.79. The molecule has 4 rings (SSSR count). The Morgan fingerprint density at radius 3 is 2.32 bits per heavy atom. The zero-order valence-electron chi connectivity index (χ0n) is 16.6. The molecule has 1 saturated heterocycles. The van der Waals surface area contributed by atoms with Crippen molar-refractivity contribution in [3.63, 3.8) is 0 Å². The Hall–Kier alpha value is -2.93. The highest BCUT2D eigenvalue weighted by Gasteiger charge is 2.34. The van der Waals surface area contributed by atoms with Gasteiger partial charge in [0.1, 0.15) is 5.57 Å². The second kappa shape index (κ2) is 8.30. The van der Waals surface area contributed by atoms with Gasteiger partial charge in [0.25, 0.3) is 11.8 Å². The summed E-state index contributed by atoms with van der Waals surface area (Å²) < 4.78 is 2.04. The quantitative estimate of drug-likeness (QED) is 0.324. The predicted octanol–water partition coefficient (Wildman–Crippen LogP) is 5.23. The first-order valence-corrected chi connectivity index (χ1v) is 10.5. The fraction of sp³-hybridized carbons (Fsp3) is 0.0870. The van der Waals surface area contributed by atoms with Crippen LogP contribution in [-0.4, -0.2) is 21.5 Å². The Bertz CT molecular complexity index is 1260. The molecule has 31 heavy (non-hydrogen) atoms. The van der Waals surface area contributed by atoms with Crippen molar-refractivity contribution in [2.24, 2.45) is 0 Å². The lowest BCUT2D eigenvalue weighted by Gasteiger charge is -2.29. The van der Waals surface area contributed by atoms with E-state index in [1.807, 2.05) is 48.7 Å². The van der Waals surface area contributed by atoms with Gasteiger partial charge in [-0.2, -0.15) is 0 Å². The number of anilines is 1. The molecule has 0 bridgehead atoms. The number of nitrogens with zero attached hydrogens (tertiary/aromatic N) is 2. The van der Waals surface area contributed by atoms with E-state index < -0.39 is 11.8 Å². The normalized spacial score (nSPS) is 15.5. The Morgan fingerprint density at radius 1 is 0.935 bits per heavy atom. The van der Waals surface area contributed by atoms with Gasteiger partial charge in [0.05, 0.1) is 5.69 Å². The van der Waals surface area contributed by atoms with E-state index >= 15 is 0 Å². The summed E-state index contributed by atoms with van der Waals surface area (Å²) in [7, 11) is 0. The summed E-state index contributed by atoms with van der Waals surface area (Å²) in [6.07, 6.45) is 1.59. The molecule has 5 nitrogen and oxygen atoms in total. The number of hydrogen-bond acceptors (Lipinski definition) is 3. The minimum absolute atomic E-state index is 0.00932. The average Bonchev–Trinajstić information content (AvgIpc) is 2.99. The van der Waals surface area contributed by atoms with Crippen LogP contribution >= 0.6 is 35.4 Å². The monoisotopic (exact) mass is 469 g/mol. The van der Waals surface area contributed by atoms with E-state index in [1.54, 1.807) is 30.3 Å². The fourth-order valence-electron chi connectivity index (χ4n) is 3.58. The van der Waals surface area contributed by atoms with Crippen LogP contribution in [0.5, 0.6) is 0 Å². The van der Waals surface area contributed by atoms with Crippen LogP contribution in [-0.2, 0) is 9.59 Å². The zero-order chi connectivity index (χ0) is 22.3. The third-order valence-electron chi connectivity index (χ3n) is 5.02. The van der Waals surface area contributed by atoms with Crippen LogP contribution in [0.4, 0.5) is 5.69 Å². The van der Waals surface area contributed by atoms with Crippen LogP contribution in [0, 0.1) is 13.8 Å². The average molecular weight is 470 g/mol. The van der Waals surface area contributed by atoms with Gasteiger partial charge in [0.15, 0.2) is 5.11 Å². The van der Waals surface area contributed by atoms with Crippen molar-refractivity contribution < 1.29 is 9.59 Å². The molecule has 1 aliphatic heterocycles. The molecule has 3 aromatic rings. The van der Waals surface area contributed by atoms with E-state index in [-0.39, 0.29) is 10.7 Å². The molecular formula is C23H17Cl2N3O2S. The van der Waals surface area contributed by atoms with Crippen molar-refractivity contribution in [3.05, 3.63) is 87.2 Å². The van der Waals surface area contributed by atoms with Crippen molar-refractivity contribution in [2.75, 3.05) is 4.90 Å². The fourth-order valence-corrected chi connectivity index (χ4v) is 4.18. The summed E-state index contributed by atoms with van der Waals surface area (Å²) >= 11 is 17.3. The molecular weight excluding hydrogens is 453 g/mol. The molecule has 0 aliphatic carbocycles. The maximum absolute atomic E-state index is 13.2. The van der Waals surface area contributed by atoms with Gasteiger partial charge in [-0.25, -0.2) is 0 Å². The van der Waals surface area contributed by atoms with Gasteiger partial charge < -0.3 is 4.57 Å². The van der Waals surface area contributed by atoms with E-state index in [4.69, 9.17) is 35.4 Å². The van der Waals surface area contributed by atoms with Gasteiger partial charge in [0, 0.05) is 27.1 Å². The van der Waals surface area contributed by atoms with Crippen molar-refractivity contribution >= 4 is 64.1 Å². The number of carbonyl (C=O) groups excluding carboxylic acids is 2. The van der Waals surface area contributed by atoms with Crippen LogP contribution in [0.1, 0.15) is 17.0 Å². The van der Waals surface area contributed by atoms with Crippen LogP contribution in [0.25, 0.3) is 11.8 Å². The predicted molar refractivity (Wildman–Crippen MR) is 128 cm³/mol. The smallest absolute Gasteiger partial charge is 0.270 e. The highest BCUT2D eigenvalue weighted by molar-refractivity contribution is 7.80. The first kappa shape index (κ1) is 21.3. The number of rotatable bonds is 3. The summed E-state index contributed by atoms with van der Waals surface area (Å²) in [6.45, 7) is 3.89. The molecule has 2 aromatic carbocycles. The Labute approximate surface area is 194 Å². The van der Waals surface area contributed by atoms with Crippen LogP contribution in [0.2, 0.25) is 10.0 Å². The molecule has 0 atom stereocenters. The number of nitrogens with one attached hydrogen (secondary N) is 1. The lowest BCUT2D eigenvalue weighted by molar-refractivity contribution is -0.122. The Balaban J connectivity index is 1.76. The SMILES string of the molecule is Cc1cc(/C=C2/C(=O)NC(=S)N(c3cccc(Cl)c3)C2=O)c(C)n1-c1ccc(Cl)cc1. The summed E-state index contributed by atoms with van der Waals surface area (Å²) in [6, 6.07) is 16.1. The second-order valence-corrected chi connectivity index (χ2v) is 8.34. The van der Waals surface area contributed by atoms with E-state index in [2.05, 4.69) is 5.32 Å². The highest BCUT2D eigenvalue weighted by Crippen LogP contribution is 2.27. The van der Waals surface area contributed by atoms with Crippen LogP contribution in [0.3, 0.4) is 0 Å². The standard InChI is InChI=1S/C23H17Cl2N3O2S/c1-13-10-15(14(2)27(13)18-8-6-16(24)7-9-18)11-20-21(29)26-23(31)28(22(20)30)19-5-3-4-17(25)12-19/h3-12H,1-2H3,(H,26,29,31)/b20-11-. The topological polar surface area (TPSA) is 54.3 Å². The maximum atomic E-state index is 13.2.